The maximum atomic E-state index is 13.0. The van der Waals surface area contributed by atoms with Crippen molar-refractivity contribution in [3.8, 4) is 0 Å². The van der Waals surface area contributed by atoms with E-state index in [1.165, 1.54) is 15.9 Å². The Labute approximate surface area is 198 Å². The van der Waals surface area contributed by atoms with Gasteiger partial charge in [-0.25, -0.2) is 8.42 Å². The van der Waals surface area contributed by atoms with Crippen LogP contribution in [0.2, 0.25) is 0 Å². The summed E-state index contributed by atoms with van der Waals surface area (Å²) in [6.45, 7) is 0.988. The first-order valence-corrected chi connectivity index (χ1v) is 12.3. The van der Waals surface area contributed by atoms with Crippen molar-refractivity contribution in [1.82, 2.24) is 14.2 Å². The minimum Gasteiger partial charge on any atom is -0.336 e. The highest BCUT2D eigenvalue weighted by Crippen LogP contribution is 2.17. The van der Waals surface area contributed by atoms with Crippen LogP contribution in [0, 0.1) is 0 Å². The van der Waals surface area contributed by atoms with Crippen molar-refractivity contribution < 1.29 is 18.0 Å². The summed E-state index contributed by atoms with van der Waals surface area (Å²) < 4.78 is 26.7. The molecule has 0 bridgehead atoms. The van der Waals surface area contributed by atoms with Crippen molar-refractivity contribution in [2.45, 2.75) is 0 Å². The van der Waals surface area contributed by atoms with E-state index in [4.69, 9.17) is 0 Å². The Balaban J connectivity index is 1.36. The van der Waals surface area contributed by atoms with Gasteiger partial charge in [-0.05, 0) is 42.0 Å². The number of anilines is 1. The summed E-state index contributed by atoms with van der Waals surface area (Å²) in [5, 5.41) is 3.97. The van der Waals surface area contributed by atoms with Gasteiger partial charge in [0.2, 0.25) is 10.0 Å². The normalized spacial score (nSPS) is 14.8. The van der Waals surface area contributed by atoms with Gasteiger partial charge in [-0.3, -0.25) is 14.6 Å². The number of carbonyl (C=O) groups excluding carboxylic acids is 2. The van der Waals surface area contributed by atoms with Crippen LogP contribution in [-0.4, -0.2) is 60.6 Å². The summed E-state index contributed by atoms with van der Waals surface area (Å²) in [6, 6.07) is 19.2. The van der Waals surface area contributed by atoms with Crippen molar-refractivity contribution in [2.75, 3.05) is 31.5 Å². The molecule has 2 amide bonds. The lowest BCUT2D eigenvalue weighted by atomic mass is 10.1. The summed E-state index contributed by atoms with van der Waals surface area (Å²) in [4.78, 5) is 30.9. The zero-order valence-corrected chi connectivity index (χ0v) is 19.2. The molecule has 0 saturated carbocycles. The van der Waals surface area contributed by atoms with Gasteiger partial charge in [0.15, 0.2) is 0 Å². The van der Waals surface area contributed by atoms with E-state index in [9.17, 15) is 18.0 Å². The largest absolute Gasteiger partial charge is 0.336 e. The van der Waals surface area contributed by atoms with Crippen LogP contribution in [0.25, 0.3) is 6.08 Å². The molecular formula is C25H24N4O4S. The average Bonchev–Trinajstić information content (AvgIpc) is 2.88. The van der Waals surface area contributed by atoms with Crippen LogP contribution >= 0.6 is 0 Å². The van der Waals surface area contributed by atoms with Gasteiger partial charge in [0.25, 0.3) is 11.8 Å². The summed E-state index contributed by atoms with van der Waals surface area (Å²) in [5.41, 5.74) is 2.13. The topological polar surface area (TPSA) is 99.7 Å². The Hall–Kier alpha value is -3.82. The Kier molecular flexibility index (Phi) is 7.15. The Morgan fingerprint density at radius 2 is 1.62 bits per heavy atom. The van der Waals surface area contributed by atoms with Crippen molar-refractivity contribution >= 4 is 33.6 Å². The van der Waals surface area contributed by atoms with E-state index in [0.29, 0.717) is 16.8 Å². The number of rotatable bonds is 6. The summed E-state index contributed by atoms with van der Waals surface area (Å²) in [5.74, 6) is -0.533. The minimum atomic E-state index is -3.58. The third kappa shape index (κ3) is 5.75. The van der Waals surface area contributed by atoms with Gasteiger partial charge in [0.1, 0.15) is 0 Å². The molecule has 34 heavy (non-hydrogen) atoms. The SMILES string of the molecule is O=C(Nc1cccc(C(=O)N2CCN(S(=O)(=O)/C=C/c3ccccc3)CC2)c1)c1cccnc1. The molecule has 0 spiro atoms. The van der Waals surface area contributed by atoms with Crippen LogP contribution in [0.1, 0.15) is 26.3 Å². The van der Waals surface area contributed by atoms with Crippen molar-refractivity contribution in [2.24, 2.45) is 0 Å². The number of carbonyl (C=O) groups is 2. The molecule has 0 aliphatic carbocycles. The second-order valence-corrected chi connectivity index (χ2v) is 9.54. The van der Waals surface area contributed by atoms with E-state index in [-0.39, 0.29) is 38.0 Å². The predicted octanol–water partition coefficient (Wildman–Crippen LogP) is 3.09. The van der Waals surface area contributed by atoms with Gasteiger partial charge in [-0.15, -0.1) is 0 Å². The lowest BCUT2D eigenvalue weighted by molar-refractivity contribution is 0.0698. The molecule has 1 fully saturated rings. The van der Waals surface area contributed by atoms with Gasteiger partial charge in [-0.2, -0.15) is 4.31 Å². The third-order valence-electron chi connectivity index (χ3n) is 5.41. The highest BCUT2D eigenvalue weighted by Gasteiger charge is 2.28. The number of piperazine rings is 1. The number of amides is 2. The molecule has 1 aliphatic heterocycles. The van der Waals surface area contributed by atoms with E-state index in [0.717, 1.165) is 5.56 Å². The summed E-state index contributed by atoms with van der Waals surface area (Å²) in [6.07, 6.45) is 4.62. The standard InChI is InChI=1S/C25H24N4O4S/c30-24(22-9-5-12-26-19-22)27-23-10-4-8-21(18-23)25(31)28-13-15-29(16-14-28)34(32,33)17-11-20-6-2-1-3-7-20/h1-12,17-19H,13-16H2,(H,27,30)/b17-11+. The fourth-order valence-electron chi connectivity index (χ4n) is 3.57. The molecule has 2 heterocycles. The number of hydrogen-bond donors (Lipinski definition) is 1. The van der Waals surface area contributed by atoms with Gasteiger partial charge < -0.3 is 10.2 Å². The number of hydrogen-bond acceptors (Lipinski definition) is 5. The van der Waals surface area contributed by atoms with Crippen LogP contribution < -0.4 is 5.32 Å². The Morgan fingerprint density at radius 1 is 0.882 bits per heavy atom. The van der Waals surface area contributed by atoms with E-state index < -0.39 is 10.0 Å². The number of benzene rings is 2. The molecule has 0 unspecified atom stereocenters. The lowest BCUT2D eigenvalue weighted by Gasteiger charge is -2.33. The van der Waals surface area contributed by atoms with Gasteiger partial charge in [-0.1, -0.05) is 36.4 Å². The number of nitrogens with zero attached hydrogens (tertiary/aromatic N) is 3. The number of nitrogens with one attached hydrogen (secondary N) is 1. The molecule has 1 saturated heterocycles. The first kappa shape index (κ1) is 23.3. The van der Waals surface area contributed by atoms with Crippen LogP contribution in [0.3, 0.4) is 0 Å². The fourth-order valence-corrected chi connectivity index (χ4v) is 4.75. The molecule has 1 aliphatic rings. The molecule has 0 radical (unpaired) electrons. The van der Waals surface area contributed by atoms with Crippen molar-refractivity contribution in [1.29, 1.82) is 0 Å². The van der Waals surface area contributed by atoms with Crippen molar-refractivity contribution in [3.05, 3.63) is 101 Å². The first-order valence-electron chi connectivity index (χ1n) is 10.8. The molecule has 1 N–H and O–H groups in total. The lowest BCUT2D eigenvalue weighted by Crippen LogP contribution is -2.50. The maximum Gasteiger partial charge on any atom is 0.257 e. The van der Waals surface area contributed by atoms with Gasteiger partial charge >= 0.3 is 0 Å². The highest BCUT2D eigenvalue weighted by atomic mass is 32.2. The molecule has 8 nitrogen and oxygen atoms in total. The molecule has 4 rings (SSSR count). The quantitative estimate of drug-likeness (QED) is 0.589. The second-order valence-electron chi connectivity index (χ2n) is 7.73. The fraction of sp³-hybridized carbons (Fsp3) is 0.160. The molecule has 3 aromatic rings. The number of sulfonamides is 1. The van der Waals surface area contributed by atoms with E-state index in [2.05, 4.69) is 10.3 Å². The molecule has 0 atom stereocenters. The zero-order valence-electron chi connectivity index (χ0n) is 18.4. The number of pyridine rings is 1. The molecule has 1 aromatic heterocycles. The predicted molar refractivity (Wildman–Crippen MR) is 131 cm³/mol. The smallest absolute Gasteiger partial charge is 0.257 e. The van der Waals surface area contributed by atoms with E-state index >= 15 is 0 Å². The zero-order chi connectivity index (χ0) is 24.0. The third-order valence-corrected chi connectivity index (χ3v) is 6.97. The number of aromatic nitrogens is 1. The van der Waals surface area contributed by atoms with Crippen LogP contribution in [0.5, 0.6) is 0 Å². The summed E-state index contributed by atoms with van der Waals surface area (Å²) in [7, 11) is -3.58. The van der Waals surface area contributed by atoms with E-state index in [1.54, 1.807) is 53.6 Å². The molecule has 2 aromatic carbocycles. The Morgan fingerprint density at radius 3 is 2.32 bits per heavy atom. The van der Waals surface area contributed by atoms with Crippen LogP contribution in [0.15, 0.2) is 84.5 Å². The first-order chi connectivity index (χ1) is 16.4. The average molecular weight is 477 g/mol. The molecule has 9 heteroatoms. The molecular weight excluding hydrogens is 452 g/mol. The minimum absolute atomic E-state index is 0.213. The Bertz CT molecular complexity index is 1290. The van der Waals surface area contributed by atoms with Crippen LogP contribution in [-0.2, 0) is 10.0 Å². The van der Waals surface area contributed by atoms with Gasteiger partial charge in [0, 0.05) is 55.2 Å². The van der Waals surface area contributed by atoms with Gasteiger partial charge in [0.05, 0.1) is 5.56 Å². The van der Waals surface area contributed by atoms with Crippen molar-refractivity contribution in [3.63, 3.8) is 0 Å². The summed E-state index contributed by atoms with van der Waals surface area (Å²) >= 11 is 0. The molecule has 174 valence electrons. The monoisotopic (exact) mass is 476 g/mol. The van der Waals surface area contributed by atoms with E-state index in [1.807, 2.05) is 30.3 Å². The highest BCUT2D eigenvalue weighted by molar-refractivity contribution is 7.92. The maximum absolute atomic E-state index is 13.0. The second kappa shape index (κ2) is 10.4. The van der Waals surface area contributed by atoms with Crippen LogP contribution in [0.4, 0.5) is 5.69 Å².